The molecule has 0 unspecified atom stereocenters. The topological polar surface area (TPSA) is 119 Å². The molecule has 1 N–H and O–H groups in total. The Kier molecular flexibility index (Phi) is 6.49. The lowest BCUT2D eigenvalue weighted by atomic mass is 10.1. The minimum Gasteiger partial charge on any atom is -0.495 e. The molecule has 10 heteroatoms. The fraction of sp³-hybridized carbons (Fsp3) is 0.167. The summed E-state index contributed by atoms with van der Waals surface area (Å²) in [6, 6.07) is 10.2. The third-order valence-corrected chi connectivity index (χ3v) is 5.57. The number of benzene rings is 2. The number of methoxy groups -OCH3 is 1. The number of hydrogen-bond donors (Lipinski definition) is 1. The molecule has 0 fully saturated rings. The molecule has 0 heterocycles. The Hall–Kier alpha value is -3.24. The van der Waals surface area contributed by atoms with Gasteiger partial charge in [0, 0.05) is 31.9 Å². The Morgan fingerprint density at radius 3 is 2.50 bits per heavy atom. The zero-order valence-corrected chi connectivity index (χ0v) is 16.3. The lowest BCUT2D eigenvalue weighted by Crippen LogP contribution is -2.23. The lowest BCUT2D eigenvalue weighted by Gasteiger charge is -2.15. The van der Waals surface area contributed by atoms with E-state index >= 15 is 0 Å². The Bertz CT molecular complexity index is 1030. The van der Waals surface area contributed by atoms with Crippen molar-refractivity contribution in [3.63, 3.8) is 0 Å². The number of hydrogen-bond acceptors (Lipinski definition) is 6. The van der Waals surface area contributed by atoms with Crippen molar-refractivity contribution in [2.75, 3.05) is 26.5 Å². The summed E-state index contributed by atoms with van der Waals surface area (Å²) in [6.07, 6.45) is 2.45. The molecular weight excluding hydrogens is 386 g/mol. The Balaban J connectivity index is 2.27. The average molecular weight is 405 g/mol. The van der Waals surface area contributed by atoms with Crippen LogP contribution in [0.25, 0.3) is 6.08 Å². The first kappa shape index (κ1) is 21.1. The zero-order valence-electron chi connectivity index (χ0n) is 15.4. The molecule has 0 atom stereocenters. The van der Waals surface area contributed by atoms with Gasteiger partial charge in [0.15, 0.2) is 0 Å². The Morgan fingerprint density at radius 2 is 1.89 bits per heavy atom. The maximum absolute atomic E-state index is 12.4. The SMILES string of the molecule is COc1ccc(NC(=O)/C=C/c2ccccc2[N+](=O)[O-])cc1S(=O)(=O)N(C)C. The van der Waals surface area contributed by atoms with E-state index in [0.29, 0.717) is 0 Å². The molecule has 0 bridgehead atoms. The molecule has 9 nitrogen and oxygen atoms in total. The van der Waals surface area contributed by atoms with Crippen LogP contribution >= 0.6 is 0 Å². The minimum absolute atomic E-state index is 0.0968. The predicted molar refractivity (Wildman–Crippen MR) is 105 cm³/mol. The maximum Gasteiger partial charge on any atom is 0.276 e. The predicted octanol–water partition coefficient (Wildman–Crippen LogP) is 2.51. The summed E-state index contributed by atoms with van der Waals surface area (Å²) in [4.78, 5) is 22.5. The van der Waals surface area contributed by atoms with Crippen LogP contribution in [-0.4, -0.2) is 44.8 Å². The van der Waals surface area contributed by atoms with Gasteiger partial charge < -0.3 is 10.1 Å². The van der Waals surface area contributed by atoms with Crippen LogP contribution in [-0.2, 0) is 14.8 Å². The van der Waals surface area contributed by atoms with Crippen molar-refractivity contribution in [1.82, 2.24) is 4.31 Å². The molecule has 0 aliphatic carbocycles. The first-order chi connectivity index (χ1) is 13.2. The molecule has 0 saturated heterocycles. The summed E-state index contributed by atoms with van der Waals surface area (Å²) in [5.41, 5.74) is 0.377. The highest BCUT2D eigenvalue weighted by atomic mass is 32.2. The fourth-order valence-corrected chi connectivity index (χ4v) is 3.37. The van der Waals surface area contributed by atoms with E-state index in [0.717, 1.165) is 10.4 Å². The third kappa shape index (κ3) is 4.72. The van der Waals surface area contributed by atoms with Gasteiger partial charge in [0.1, 0.15) is 10.6 Å². The molecule has 2 aromatic carbocycles. The van der Waals surface area contributed by atoms with E-state index in [-0.39, 0.29) is 27.6 Å². The van der Waals surface area contributed by atoms with E-state index < -0.39 is 20.9 Å². The Labute approximate surface area is 162 Å². The van der Waals surface area contributed by atoms with Crippen molar-refractivity contribution in [1.29, 1.82) is 0 Å². The molecule has 0 aliphatic heterocycles. The van der Waals surface area contributed by atoms with Gasteiger partial charge in [0.25, 0.3) is 5.69 Å². The minimum atomic E-state index is -3.78. The van der Waals surface area contributed by atoms with Crippen LogP contribution in [0.2, 0.25) is 0 Å². The standard InChI is InChI=1S/C18H19N3O6S/c1-20(2)28(25,26)17-12-14(9-10-16(17)27-3)19-18(22)11-8-13-6-4-5-7-15(13)21(23)24/h4-12H,1-3H3,(H,19,22)/b11-8+. The summed E-state index contributed by atoms with van der Waals surface area (Å²) in [5, 5.41) is 13.5. The molecule has 2 rings (SSSR count). The highest BCUT2D eigenvalue weighted by molar-refractivity contribution is 7.89. The zero-order chi connectivity index (χ0) is 20.9. The van der Waals surface area contributed by atoms with Crippen LogP contribution < -0.4 is 10.1 Å². The molecule has 2 aromatic rings. The number of amides is 1. The van der Waals surface area contributed by atoms with Crippen molar-refractivity contribution in [3.05, 3.63) is 64.2 Å². The Morgan fingerprint density at radius 1 is 1.21 bits per heavy atom. The van der Waals surface area contributed by atoms with E-state index in [9.17, 15) is 23.3 Å². The number of nitro groups is 1. The molecule has 0 spiro atoms. The van der Waals surface area contributed by atoms with Crippen LogP contribution in [0, 0.1) is 10.1 Å². The van der Waals surface area contributed by atoms with Crippen molar-refractivity contribution in [2.24, 2.45) is 0 Å². The van der Waals surface area contributed by atoms with Gasteiger partial charge in [-0.15, -0.1) is 0 Å². The van der Waals surface area contributed by atoms with Crippen LogP contribution in [0.15, 0.2) is 53.4 Å². The maximum atomic E-state index is 12.4. The smallest absolute Gasteiger partial charge is 0.276 e. The number of sulfonamides is 1. The molecule has 0 saturated carbocycles. The van der Waals surface area contributed by atoms with Gasteiger partial charge in [-0.1, -0.05) is 12.1 Å². The second kappa shape index (κ2) is 8.63. The van der Waals surface area contributed by atoms with Gasteiger partial charge in [-0.25, -0.2) is 12.7 Å². The van der Waals surface area contributed by atoms with Gasteiger partial charge in [0.05, 0.1) is 17.6 Å². The van der Waals surface area contributed by atoms with E-state index in [1.54, 1.807) is 6.07 Å². The van der Waals surface area contributed by atoms with Crippen LogP contribution in [0.1, 0.15) is 5.56 Å². The highest BCUT2D eigenvalue weighted by Crippen LogP contribution is 2.29. The van der Waals surface area contributed by atoms with Gasteiger partial charge in [-0.2, -0.15) is 0 Å². The monoisotopic (exact) mass is 405 g/mol. The van der Waals surface area contributed by atoms with Gasteiger partial charge >= 0.3 is 0 Å². The normalized spacial score (nSPS) is 11.6. The summed E-state index contributed by atoms with van der Waals surface area (Å²) >= 11 is 0. The summed E-state index contributed by atoms with van der Waals surface area (Å²) < 4.78 is 31.0. The van der Waals surface area contributed by atoms with Crippen LogP contribution in [0.3, 0.4) is 0 Å². The van der Waals surface area contributed by atoms with Crippen molar-refractivity contribution in [2.45, 2.75) is 4.90 Å². The first-order valence-corrected chi connectivity index (χ1v) is 9.44. The molecular formula is C18H19N3O6S. The number of rotatable bonds is 7. The molecule has 0 radical (unpaired) electrons. The van der Waals surface area contributed by atoms with Crippen molar-refractivity contribution in [3.8, 4) is 5.75 Å². The van der Waals surface area contributed by atoms with E-state index in [4.69, 9.17) is 4.74 Å². The molecule has 0 aromatic heterocycles. The largest absolute Gasteiger partial charge is 0.495 e. The number of nitrogens with zero attached hydrogens (tertiary/aromatic N) is 2. The summed E-state index contributed by atoms with van der Waals surface area (Å²) in [5.74, 6) is -0.432. The highest BCUT2D eigenvalue weighted by Gasteiger charge is 2.22. The molecule has 1 amide bonds. The number of nitrogens with one attached hydrogen (secondary N) is 1. The third-order valence-electron chi connectivity index (χ3n) is 3.74. The number of carbonyl (C=O) groups is 1. The van der Waals surface area contributed by atoms with Gasteiger partial charge in [-0.05, 0) is 30.3 Å². The van der Waals surface area contributed by atoms with E-state index in [1.165, 1.54) is 63.7 Å². The first-order valence-electron chi connectivity index (χ1n) is 8.00. The summed E-state index contributed by atoms with van der Waals surface area (Å²) in [7, 11) is 0.330. The second-order valence-electron chi connectivity index (χ2n) is 5.79. The number of ether oxygens (including phenoxy) is 1. The number of anilines is 1. The molecule has 28 heavy (non-hydrogen) atoms. The van der Waals surface area contributed by atoms with Gasteiger partial charge in [0.2, 0.25) is 15.9 Å². The average Bonchev–Trinajstić information content (AvgIpc) is 2.66. The van der Waals surface area contributed by atoms with E-state index in [2.05, 4.69) is 5.32 Å². The number of para-hydroxylation sites is 1. The number of nitro benzene ring substituents is 1. The van der Waals surface area contributed by atoms with Crippen LogP contribution in [0.4, 0.5) is 11.4 Å². The van der Waals surface area contributed by atoms with E-state index in [1.807, 2.05) is 0 Å². The fourth-order valence-electron chi connectivity index (χ4n) is 2.30. The molecule has 148 valence electrons. The lowest BCUT2D eigenvalue weighted by molar-refractivity contribution is -0.385. The molecule has 0 aliphatic rings. The van der Waals surface area contributed by atoms with Gasteiger partial charge in [-0.3, -0.25) is 14.9 Å². The van der Waals surface area contributed by atoms with Crippen LogP contribution in [0.5, 0.6) is 5.75 Å². The number of carbonyl (C=O) groups excluding carboxylic acids is 1. The van der Waals surface area contributed by atoms with Crippen molar-refractivity contribution >= 4 is 33.4 Å². The second-order valence-corrected chi connectivity index (χ2v) is 7.91. The van der Waals surface area contributed by atoms with Crippen molar-refractivity contribution < 1.29 is 22.9 Å². The quantitative estimate of drug-likeness (QED) is 0.429. The summed E-state index contributed by atoms with van der Waals surface area (Å²) in [6.45, 7) is 0.